The van der Waals surface area contributed by atoms with Crippen molar-refractivity contribution in [2.24, 2.45) is 4.99 Å². The minimum Gasteiger partial charge on any atom is -0.484 e. The van der Waals surface area contributed by atoms with E-state index < -0.39 is 24.5 Å². The summed E-state index contributed by atoms with van der Waals surface area (Å²) in [6, 6.07) is 6.47. The van der Waals surface area contributed by atoms with Crippen LogP contribution in [0, 0.1) is 0 Å². The van der Waals surface area contributed by atoms with Crippen LogP contribution in [-0.2, 0) is 11.3 Å². The molecule has 0 aromatic heterocycles. The third-order valence-corrected chi connectivity index (χ3v) is 4.22. The van der Waals surface area contributed by atoms with Gasteiger partial charge in [0.25, 0.3) is 0 Å². The normalized spacial score (nSPS) is 17.1. The highest BCUT2D eigenvalue weighted by atomic mass is 127. The standard InChI is InChI=1S/C20H29F3N4O3.HI/c1-19(2,3)30-18(28)26-15-9-10-27(12-15)17(24-4)25-11-14-7-5-6-8-16(14)29-13-20(21,22)23;/h5-8,15H,9-13H2,1-4H3,(H,24,25)(H,26,28);1H. The molecule has 2 rings (SSSR count). The maximum Gasteiger partial charge on any atom is 0.422 e. The average molecular weight is 558 g/mol. The Morgan fingerprint density at radius 1 is 1.26 bits per heavy atom. The molecule has 1 amide bonds. The molecule has 0 radical (unpaired) electrons. The summed E-state index contributed by atoms with van der Waals surface area (Å²) in [5.74, 6) is 0.762. The van der Waals surface area contributed by atoms with Crippen LogP contribution < -0.4 is 15.4 Å². The Morgan fingerprint density at radius 3 is 2.55 bits per heavy atom. The molecule has 1 aromatic rings. The Balaban J connectivity index is 0.00000480. The number of alkyl carbamates (subject to hydrolysis) is 1. The van der Waals surface area contributed by atoms with E-state index in [4.69, 9.17) is 9.47 Å². The molecule has 2 N–H and O–H groups in total. The second kappa shape index (κ2) is 11.6. The maximum atomic E-state index is 12.5. The number of halogens is 4. The smallest absolute Gasteiger partial charge is 0.422 e. The molecule has 31 heavy (non-hydrogen) atoms. The van der Waals surface area contributed by atoms with Crippen LogP contribution in [0.2, 0.25) is 0 Å². The van der Waals surface area contributed by atoms with Gasteiger partial charge < -0.3 is 25.0 Å². The monoisotopic (exact) mass is 558 g/mol. The molecular weight excluding hydrogens is 528 g/mol. The first-order valence-electron chi connectivity index (χ1n) is 9.69. The third-order valence-electron chi connectivity index (χ3n) is 4.22. The Labute approximate surface area is 197 Å². The number of rotatable bonds is 5. The molecule has 176 valence electrons. The third kappa shape index (κ3) is 9.83. The van der Waals surface area contributed by atoms with E-state index in [1.165, 1.54) is 6.07 Å². The van der Waals surface area contributed by atoms with E-state index in [2.05, 4.69) is 15.6 Å². The van der Waals surface area contributed by atoms with E-state index in [-0.39, 0.29) is 42.3 Å². The molecule has 1 atom stereocenters. The lowest BCUT2D eigenvalue weighted by Crippen LogP contribution is -2.44. The predicted molar refractivity (Wildman–Crippen MR) is 123 cm³/mol. The van der Waals surface area contributed by atoms with Gasteiger partial charge in [-0.25, -0.2) is 4.79 Å². The molecule has 1 aliphatic rings. The van der Waals surface area contributed by atoms with Gasteiger partial charge in [-0.1, -0.05) is 18.2 Å². The van der Waals surface area contributed by atoms with Crippen molar-refractivity contribution in [3.8, 4) is 5.75 Å². The maximum absolute atomic E-state index is 12.5. The number of carbonyl (C=O) groups excluding carboxylic acids is 1. The molecule has 1 unspecified atom stereocenters. The summed E-state index contributed by atoms with van der Waals surface area (Å²) >= 11 is 0. The summed E-state index contributed by atoms with van der Waals surface area (Å²) in [5.41, 5.74) is 0.0205. The van der Waals surface area contributed by atoms with Crippen LogP contribution in [0.3, 0.4) is 0 Å². The fourth-order valence-electron chi connectivity index (χ4n) is 3.00. The first-order valence-corrected chi connectivity index (χ1v) is 9.69. The van der Waals surface area contributed by atoms with Crippen molar-refractivity contribution in [2.45, 2.75) is 51.6 Å². The molecule has 1 saturated heterocycles. The molecule has 1 aromatic carbocycles. The number of aliphatic imine (C=N–C) groups is 1. The first-order chi connectivity index (χ1) is 14.0. The zero-order valence-electron chi connectivity index (χ0n) is 18.1. The molecular formula is C20H30F3IN4O3. The van der Waals surface area contributed by atoms with E-state index in [9.17, 15) is 18.0 Å². The van der Waals surface area contributed by atoms with E-state index in [1.54, 1.807) is 46.0 Å². The number of nitrogens with one attached hydrogen (secondary N) is 2. The highest BCUT2D eigenvalue weighted by Gasteiger charge is 2.29. The van der Waals surface area contributed by atoms with Crippen molar-refractivity contribution in [3.05, 3.63) is 29.8 Å². The molecule has 0 aliphatic carbocycles. The largest absolute Gasteiger partial charge is 0.484 e. The zero-order chi connectivity index (χ0) is 22.4. The van der Waals surface area contributed by atoms with Crippen LogP contribution in [-0.4, -0.2) is 61.5 Å². The molecule has 0 spiro atoms. The molecule has 1 fully saturated rings. The first kappa shape index (κ1) is 27.1. The summed E-state index contributed by atoms with van der Waals surface area (Å²) in [4.78, 5) is 18.2. The number of likely N-dealkylation sites (tertiary alicyclic amines) is 1. The highest BCUT2D eigenvalue weighted by molar-refractivity contribution is 14.0. The van der Waals surface area contributed by atoms with Crippen molar-refractivity contribution in [2.75, 3.05) is 26.7 Å². The number of hydrogen-bond donors (Lipinski definition) is 2. The number of guanidine groups is 1. The summed E-state index contributed by atoms with van der Waals surface area (Å²) in [6.07, 6.45) is -4.14. The summed E-state index contributed by atoms with van der Waals surface area (Å²) in [5, 5.41) is 5.99. The molecule has 0 bridgehead atoms. The van der Waals surface area contributed by atoms with Gasteiger partial charge in [0, 0.05) is 32.2 Å². The van der Waals surface area contributed by atoms with Crippen LogP contribution in [0.4, 0.5) is 18.0 Å². The molecule has 0 saturated carbocycles. The lowest BCUT2D eigenvalue weighted by molar-refractivity contribution is -0.153. The van der Waals surface area contributed by atoms with E-state index in [0.717, 1.165) is 6.42 Å². The quantitative estimate of drug-likeness (QED) is 0.326. The van der Waals surface area contributed by atoms with Crippen LogP contribution >= 0.6 is 24.0 Å². The van der Waals surface area contributed by atoms with Crippen LogP contribution in [0.5, 0.6) is 5.75 Å². The van der Waals surface area contributed by atoms with Gasteiger partial charge in [0.05, 0.1) is 6.04 Å². The fourth-order valence-corrected chi connectivity index (χ4v) is 3.00. The van der Waals surface area contributed by atoms with Gasteiger partial charge in [0.15, 0.2) is 12.6 Å². The fraction of sp³-hybridized carbons (Fsp3) is 0.600. The number of nitrogens with zero attached hydrogens (tertiary/aromatic N) is 2. The Morgan fingerprint density at radius 2 is 1.94 bits per heavy atom. The number of alkyl halides is 3. The SMILES string of the molecule is CN=C(NCc1ccccc1OCC(F)(F)F)N1CCC(NC(=O)OC(C)(C)C)C1.I. The number of benzene rings is 1. The number of para-hydroxylation sites is 1. The average Bonchev–Trinajstić information content (AvgIpc) is 3.07. The Bertz CT molecular complexity index is 754. The Kier molecular flexibility index (Phi) is 10.2. The van der Waals surface area contributed by atoms with Crippen molar-refractivity contribution in [1.82, 2.24) is 15.5 Å². The van der Waals surface area contributed by atoms with Gasteiger partial charge in [0.2, 0.25) is 0 Å². The number of amides is 1. The molecule has 1 heterocycles. The minimum atomic E-state index is -4.40. The lowest BCUT2D eigenvalue weighted by atomic mass is 10.2. The minimum absolute atomic E-state index is 0. The number of ether oxygens (including phenoxy) is 2. The van der Waals surface area contributed by atoms with Gasteiger partial charge in [-0.2, -0.15) is 13.2 Å². The van der Waals surface area contributed by atoms with Crippen molar-refractivity contribution in [1.29, 1.82) is 0 Å². The van der Waals surface area contributed by atoms with Crippen LogP contribution in [0.15, 0.2) is 29.3 Å². The van der Waals surface area contributed by atoms with Crippen LogP contribution in [0.25, 0.3) is 0 Å². The molecule has 7 nitrogen and oxygen atoms in total. The van der Waals surface area contributed by atoms with Crippen LogP contribution in [0.1, 0.15) is 32.8 Å². The van der Waals surface area contributed by atoms with E-state index in [0.29, 0.717) is 24.6 Å². The second-order valence-electron chi connectivity index (χ2n) is 7.99. The van der Waals surface area contributed by atoms with Gasteiger partial charge in [0.1, 0.15) is 11.4 Å². The van der Waals surface area contributed by atoms with Gasteiger partial charge >= 0.3 is 12.3 Å². The predicted octanol–water partition coefficient (Wildman–Crippen LogP) is 3.92. The van der Waals surface area contributed by atoms with E-state index in [1.807, 2.05) is 4.90 Å². The molecule has 11 heteroatoms. The summed E-state index contributed by atoms with van der Waals surface area (Å²) in [7, 11) is 1.63. The van der Waals surface area contributed by atoms with Crippen molar-refractivity contribution < 1.29 is 27.4 Å². The van der Waals surface area contributed by atoms with Gasteiger partial charge in [-0.15, -0.1) is 24.0 Å². The summed E-state index contributed by atoms with van der Waals surface area (Å²) in [6.45, 7) is 5.53. The highest BCUT2D eigenvalue weighted by Crippen LogP contribution is 2.22. The summed E-state index contributed by atoms with van der Waals surface area (Å²) < 4.78 is 47.6. The van der Waals surface area contributed by atoms with Crippen molar-refractivity contribution >= 4 is 36.0 Å². The number of hydrogen-bond acceptors (Lipinski definition) is 4. The van der Waals surface area contributed by atoms with Crippen molar-refractivity contribution in [3.63, 3.8) is 0 Å². The lowest BCUT2D eigenvalue weighted by Gasteiger charge is -2.23. The Hall–Kier alpha value is -1.92. The number of carbonyl (C=O) groups is 1. The second-order valence-corrected chi connectivity index (χ2v) is 7.99. The topological polar surface area (TPSA) is 75.2 Å². The van der Waals surface area contributed by atoms with Gasteiger partial charge in [-0.05, 0) is 33.3 Å². The van der Waals surface area contributed by atoms with Gasteiger partial charge in [-0.3, -0.25) is 4.99 Å². The van der Waals surface area contributed by atoms with E-state index >= 15 is 0 Å². The zero-order valence-corrected chi connectivity index (χ0v) is 20.4. The molecule has 1 aliphatic heterocycles.